The molecule has 0 saturated carbocycles. The van der Waals surface area contributed by atoms with E-state index in [2.05, 4.69) is 42.5 Å². The Morgan fingerprint density at radius 1 is 0.667 bits per heavy atom. The van der Waals surface area contributed by atoms with Gasteiger partial charge < -0.3 is 5.11 Å². The first-order valence-electron chi connectivity index (χ1n) is 6.07. The summed E-state index contributed by atoms with van der Waals surface area (Å²) in [5, 5.41) is 12.0. The number of phenolic OH excluding ortho intramolecular Hbond substituents is 1. The number of hydrogen-bond acceptors (Lipinski definition) is 1. The number of phenols is 1. The molecule has 3 aromatic carbocycles. The fourth-order valence-corrected chi connectivity index (χ4v) is 2.25. The van der Waals surface area contributed by atoms with Crippen molar-refractivity contribution in [1.29, 1.82) is 0 Å². The molecule has 0 spiro atoms. The Balaban J connectivity index is 1.95. The standard InChI is InChI=1S/C17H14O/c18-17-7-3-4-13(12-17)10-14-8-9-15-5-1-2-6-16(15)11-14/h1-9,11-12,18H,10H2. The normalized spacial score (nSPS) is 10.7. The molecule has 0 aliphatic carbocycles. The van der Waals surface area contributed by atoms with E-state index in [0.29, 0.717) is 5.75 Å². The van der Waals surface area contributed by atoms with Crippen molar-refractivity contribution in [3.05, 3.63) is 77.9 Å². The van der Waals surface area contributed by atoms with Gasteiger partial charge in [-0.1, -0.05) is 54.6 Å². The second kappa shape index (κ2) is 4.53. The highest BCUT2D eigenvalue weighted by Crippen LogP contribution is 2.19. The summed E-state index contributed by atoms with van der Waals surface area (Å²) in [7, 11) is 0. The highest BCUT2D eigenvalue weighted by molar-refractivity contribution is 5.83. The molecule has 88 valence electrons. The van der Waals surface area contributed by atoms with E-state index < -0.39 is 0 Å². The predicted molar refractivity (Wildman–Crippen MR) is 74.9 cm³/mol. The molecule has 3 aromatic rings. The Kier molecular flexibility index (Phi) is 2.73. The summed E-state index contributed by atoms with van der Waals surface area (Å²) >= 11 is 0. The van der Waals surface area contributed by atoms with Crippen LogP contribution >= 0.6 is 0 Å². The van der Waals surface area contributed by atoms with Crippen molar-refractivity contribution >= 4 is 10.8 Å². The zero-order chi connectivity index (χ0) is 12.4. The molecule has 0 heterocycles. The van der Waals surface area contributed by atoms with Crippen molar-refractivity contribution < 1.29 is 5.11 Å². The second-order valence-corrected chi connectivity index (χ2v) is 4.53. The molecule has 0 bridgehead atoms. The molecule has 0 radical (unpaired) electrons. The molecule has 0 aliphatic heterocycles. The van der Waals surface area contributed by atoms with Gasteiger partial charge in [-0.25, -0.2) is 0 Å². The minimum atomic E-state index is 0.327. The second-order valence-electron chi connectivity index (χ2n) is 4.53. The zero-order valence-corrected chi connectivity index (χ0v) is 10.0. The van der Waals surface area contributed by atoms with Gasteiger partial charge in [0, 0.05) is 0 Å². The molecular formula is C17H14O. The van der Waals surface area contributed by atoms with Gasteiger partial charge in [-0.15, -0.1) is 0 Å². The molecule has 0 amide bonds. The van der Waals surface area contributed by atoms with Gasteiger partial charge in [-0.2, -0.15) is 0 Å². The van der Waals surface area contributed by atoms with Gasteiger partial charge in [0.05, 0.1) is 0 Å². The summed E-state index contributed by atoms with van der Waals surface area (Å²) in [5.41, 5.74) is 2.39. The molecule has 0 aliphatic rings. The summed E-state index contributed by atoms with van der Waals surface area (Å²) in [6.45, 7) is 0. The van der Waals surface area contributed by atoms with E-state index in [-0.39, 0.29) is 0 Å². The van der Waals surface area contributed by atoms with Crippen molar-refractivity contribution in [2.24, 2.45) is 0 Å². The van der Waals surface area contributed by atoms with E-state index in [0.717, 1.165) is 12.0 Å². The monoisotopic (exact) mass is 234 g/mol. The lowest BCUT2D eigenvalue weighted by atomic mass is 10.0. The average molecular weight is 234 g/mol. The fraction of sp³-hybridized carbons (Fsp3) is 0.0588. The molecule has 0 saturated heterocycles. The fourth-order valence-electron chi connectivity index (χ4n) is 2.25. The maximum absolute atomic E-state index is 9.46. The van der Waals surface area contributed by atoms with Crippen LogP contribution in [0.15, 0.2) is 66.7 Å². The number of rotatable bonds is 2. The van der Waals surface area contributed by atoms with Gasteiger partial charge >= 0.3 is 0 Å². The van der Waals surface area contributed by atoms with Crippen LogP contribution in [-0.4, -0.2) is 5.11 Å². The lowest BCUT2D eigenvalue weighted by molar-refractivity contribution is 0.474. The minimum absolute atomic E-state index is 0.327. The predicted octanol–water partition coefficient (Wildman–Crippen LogP) is 4.14. The Morgan fingerprint density at radius 2 is 1.44 bits per heavy atom. The Labute approximate surface area is 106 Å². The first kappa shape index (κ1) is 10.8. The van der Waals surface area contributed by atoms with E-state index in [1.54, 1.807) is 6.07 Å². The van der Waals surface area contributed by atoms with Gasteiger partial charge in [0.25, 0.3) is 0 Å². The summed E-state index contributed by atoms with van der Waals surface area (Å²) in [6, 6.07) is 22.3. The maximum Gasteiger partial charge on any atom is 0.115 e. The first-order chi connectivity index (χ1) is 8.81. The van der Waals surface area contributed by atoms with Crippen LogP contribution < -0.4 is 0 Å². The van der Waals surface area contributed by atoms with Crippen LogP contribution in [0.5, 0.6) is 5.75 Å². The largest absolute Gasteiger partial charge is 0.508 e. The third-order valence-corrected chi connectivity index (χ3v) is 3.13. The maximum atomic E-state index is 9.46. The van der Waals surface area contributed by atoms with Crippen molar-refractivity contribution in [1.82, 2.24) is 0 Å². The molecule has 0 fully saturated rings. The molecule has 1 heteroatoms. The van der Waals surface area contributed by atoms with Crippen LogP contribution in [0.3, 0.4) is 0 Å². The third-order valence-electron chi connectivity index (χ3n) is 3.13. The van der Waals surface area contributed by atoms with Crippen molar-refractivity contribution in [3.8, 4) is 5.75 Å². The number of hydrogen-bond donors (Lipinski definition) is 1. The van der Waals surface area contributed by atoms with E-state index in [1.807, 2.05) is 18.2 Å². The summed E-state index contributed by atoms with van der Waals surface area (Å²) in [6.07, 6.45) is 0.846. The van der Waals surface area contributed by atoms with Crippen LogP contribution in [-0.2, 0) is 6.42 Å². The van der Waals surface area contributed by atoms with Gasteiger partial charge in [0.1, 0.15) is 5.75 Å². The number of fused-ring (bicyclic) bond motifs is 1. The van der Waals surface area contributed by atoms with E-state index in [1.165, 1.54) is 16.3 Å². The lowest BCUT2D eigenvalue weighted by Crippen LogP contribution is -1.87. The van der Waals surface area contributed by atoms with Crippen LogP contribution in [0, 0.1) is 0 Å². The zero-order valence-electron chi connectivity index (χ0n) is 10.0. The van der Waals surface area contributed by atoms with Crippen LogP contribution in [0.4, 0.5) is 0 Å². The molecule has 0 atom stereocenters. The first-order valence-corrected chi connectivity index (χ1v) is 6.07. The SMILES string of the molecule is Oc1cccc(Cc2ccc3ccccc3c2)c1. The molecular weight excluding hydrogens is 220 g/mol. The van der Waals surface area contributed by atoms with Gasteiger partial charge in [0.15, 0.2) is 0 Å². The lowest BCUT2D eigenvalue weighted by Gasteiger charge is -2.04. The average Bonchev–Trinajstić information content (AvgIpc) is 2.39. The summed E-state index contributed by atoms with van der Waals surface area (Å²) in [4.78, 5) is 0. The molecule has 18 heavy (non-hydrogen) atoms. The molecule has 0 unspecified atom stereocenters. The van der Waals surface area contributed by atoms with Crippen LogP contribution in [0.1, 0.15) is 11.1 Å². The number of benzene rings is 3. The summed E-state index contributed by atoms with van der Waals surface area (Å²) in [5.74, 6) is 0.327. The molecule has 1 nitrogen and oxygen atoms in total. The smallest absolute Gasteiger partial charge is 0.115 e. The van der Waals surface area contributed by atoms with Crippen LogP contribution in [0.25, 0.3) is 10.8 Å². The third kappa shape index (κ3) is 2.21. The topological polar surface area (TPSA) is 20.2 Å². The van der Waals surface area contributed by atoms with Crippen molar-refractivity contribution in [3.63, 3.8) is 0 Å². The quantitative estimate of drug-likeness (QED) is 0.706. The molecule has 1 N–H and O–H groups in total. The van der Waals surface area contributed by atoms with Crippen molar-refractivity contribution in [2.75, 3.05) is 0 Å². The Bertz CT molecular complexity index is 686. The minimum Gasteiger partial charge on any atom is -0.508 e. The number of aromatic hydroxyl groups is 1. The molecule has 0 aromatic heterocycles. The van der Waals surface area contributed by atoms with Gasteiger partial charge in [0.2, 0.25) is 0 Å². The van der Waals surface area contributed by atoms with Gasteiger partial charge in [-0.05, 0) is 40.5 Å². The Hall–Kier alpha value is -2.28. The molecule has 3 rings (SSSR count). The summed E-state index contributed by atoms with van der Waals surface area (Å²) < 4.78 is 0. The van der Waals surface area contributed by atoms with E-state index >= 15 is 0 Å². The van der Waals surface area contributed by atoms with E-state index in [4.69, 9.17) is 0 Å². The van der Waals surface area contributed by atoms with E-state index in [9.17, 15) is 5.11 Å². The Morgan fingerprint density at radius 3 is 2.28 bits per heavy atom. The highest BCUT2D eigenvalue weighted by atomic mass is 16.3. The van der Waals surface area contributed by atoms with Crippen molar-refractivity contribution in [2.45, 2.75) is 6.42 Å². The highest BCUT2D eigenvalue weighted by Gasteiger charge is 1.99. The van der Waals surface area contributed by atoms with Crippen LogP contribution in [0.2, 0.25) is 0 Å². The van der Waals surface area contributed by atoms with Gasteiger partial charge in [-0.3, -0.25) is 0 Å².